The molecule has 0 spiro atoms. The first-order valence-electron chi connectivity index (χ1n) is 8.19. The third-order valence-electron chi connectivity index (χ3n) is 3.43. The van der Waals surface area contributed by atoms with Gasteiger partial charge in [-0.2, -0.15) is 0 Å². The van der Waals surface area contributed by atoms with E-state index >= 15 is 0 Å². The Morgan fingerprint density at radius 2 is 2.00 bits per heavy atom. The third kappa shape index (κ3) is 4.31. The van der Waals surface area contributed by atoms with E-state index in [-0.39, 0.29) is 11.1 Å². The molecular weight excluding hydrogens is 386 g/mol. The minimum absolute atomic E-state index is 0.222. The van der Waals surface area contributed by atoms with Crippen molar-refractivity contribution in [1.82, 2.24) is 15.0 Å². The first-order valence-corrected chi connectivity index (χ1v) is 9.01. The number of aromatic nitrogens is 3. The Hall–Kier alpha value is -3.34. The highest BCUT2D eigenvalue weighted by molar-refractivity contribution is 7.23. The van der Waals surface area contributed by atoms with Crippen LogP contribution in [-0.4, -0.2) is 45.0 Å². The molecule has 3 rings (SSSR count). The second-order valence-electron chi connectivity index (χ2n) is 6.71. The molecule has 2 heterocycles. The zero-order valence-electron chi connectivity index (χ0n) is 15.6. The van der Waals surface area contributed by atoms with Gasteiger partial charge >= 0.3 is 12.2 Å². The van der Waals surface area contributed by atoms with E-state index in [4.69, 9.17) is 14.6 Å². The fraction of sp³-hybridized carbons (Fsp3) is 0.294. The molecular formula is C17H19N5O5S. The van der Waals surface area contributed by atoms with Gasteiger partial charge in [0.15, 0.2) is 5.13 Å². The molecule has 28 heavy (non-hydrogen) atoms. The van der Waals surface area contributed by atoms with Crippen LogP contribution in [0.2, 0.25) is 0 Å². The number of benzene rings is 1. The number of amides is 2. The van der Waals surface area contributed by atoms with Gasteiger partial charge in [-0.1, -0.05) is 11.3 Å². The van der Waals surface area contributed by atoms with E-state index in [1.165, 1.54) is 7.11 Å². The molecule has 0 saturated heterocycles. The number of ether oxygens (including phenoxy) is 2. The molecule has 0 saturated carbocycles. The normalized spacial score (nSPS) is 11.3. The van der Waals surface area contributed by atoms with Crippen LogP contribution in [0.5, 0.6) is 5.75 Å². The van der Waals surface area contributed by atoms with Gasteiger partial charge in [-0.05, 0) is 32.9 Å². The van der Waals surface area contributed by atoms with Gasteiger partial charge in [-0.3, -0.25) is 10.6 Å². The summed E-state index contributed by atoms with van der Waals surface area (Å²) < 4.78 is 11.2. The number of aromatic amines is 1. The number of anilines is 2. The van der Waals surface area contributed by atoms with Crippen LogP contribution in [-0.2, 0) is 4.74 Å². The van der Waals surface area contributed by atoms with Crippen LogP contribution in [0.3, 0.4) is 0 Å². The van der Waals surface area contributed by atoms with Crippen molar-refractivity contribution >= 4 is 44.8 Å². The summed E-state index contributed by atoms with van der Waals surface area (Å²) in [5.41, 5.74) is 1.24. The fourth-order valence-corrected chi connectivity index (χ4v) is 3.43. The molecule has 0 aliphatic rings. The number of rotatable bonds is 4. The average Bonchev–Trinajstić information content (AvgIpc) is 3.18. The van der Waals surface area contributed by atoms with Crippen LogP contribution in [0.15, 0.2) is 18.3 Å². The molecule has 0 radical (unpaired) electrons. The first-order chi connectivity index (χ1) is 13.2. The molecule has 2 amide bonds. The highest BCUT2D eigenvalue weighted by atomic mass is 32.1. The number of thiazole rings is 1. The molecule has 0 unspecified atom stereocenters. The smallest absolute Gasteiger partial charge is 0.414 e. The van der Waals surface area contributed by atoms with Gasteiger partial charge in [0, 0.05) is 5.56 Å². The van der Waals surface area contributed by atoms with Gasteiger partial charge in [0.05, 0.1) is 23.7 Å². The lowest BCUT2D eigenvalue weighted by atomic mass is 10.1. The zero-order chi connectivity index (χ0) is 20.5. The van der Waals surface area contributed by atoms with Crippen molar-refractivity contribution in [3.8, 4) is 17.0 Å². The quantitative estimate of drug-likeness (QED) is 0.512. The van der Waals surface area contributed by atoms with Crippen LogP contribution in [0, 0.1) is 0 Å². The summed E-state index contributed by atoms with van der Waals surface area (Å²) in [4.78, 5) is 34.2. The number of carboxylic acid groups (broad SMARTS) is 1. The molecule has 1 aromatic carbocycles. The number of imidazole rings is 1. The zero-order valence-corrected chi connectivity index (χ0v) is 16.4. The number of carbonyl (C=O) groups is 2. The second kappa shape index (κ2) is 7.35. The van der Waals surface area contributed by atoms with Crippen LogP contribution >= 0.6 is 11.3 Å². The Labute approximate surface area is 163 Å². The lowest BCUT2D eigenvalue weighted by molar-refractivity contribution is 0.0634. The number of hydrogen-bond donors (Lipinski definition) is 4. The number of fused-ring (bicyclic) bond motifs is 1. The molecule has 0 aliphatic carbocycles. The van der Waals surface area contributed by atoms with Crippen molar-refractivity contribution in [2.24, 2.45) is 0 Å². The number of nitrogens with one attached hydrogen (secondary N) is 3. The largest absolute Gasteiger partial charge is 0.494 e. The topological polar surface area (TPSA) is 138 Å². The van der Waals surface area contributed by atoms with Crippen molar-refractivity contribution in [2.75, 3.05) is 17.7 Å². The maximum atomic E-state index is 11.9. The van der Waals surface area contributed by atoms with E-state index in [0.29, 0.717) is 21.7 Å². The van der Waals surface area contributed by atoms with Crippen LogP contribution in [0.25, 0.3) is 21.5 Å². The number of H-pyrrole nitrogens is 1. The number of methoxy groups -OCH3 is 1. The van der Waals surface area contributed by atoms with Gasteiger partial charge in [0.25, 0.3) is 0 Å². The molecule has 4 N–H and O–H groups in total. The fourth-order valence-electron chi connectivity index (χ4n) is 2.43. The number of carbonyl (C=O) groups excluding carboxylic acids is 1. The molecule has 0 atom stereocenters. The molecule has 148 valence electrons. The predicted octanol–water partition coefficient (Wildman–Crippen LogP) is 4.13. The minimum Gasteiger partial charge on any atom is -0.494 e. The standard InChI is InChI=1S/C17H19N5O5S/c1-17(2,3)27-16(25)21-13-18-7-9(19-13)8-5-6-10(26-4)11-12(8)28-14(20-11)22-15(23)24/h5-7H,1-4H3,(H,20,22)(H,23,24)(H2,18,19,21,25). The van der Waals surface area contributed by atoms with Gasteiger partial charge in [-0.25, -0.2) is 19.6 Å². The maximum absolute atomic E-state index is 11.9. The maximum Gasteiger partial charge on any atom is 0.414 e. The highest BCUT2D eigenvalue weighted by Crippen LogP contribution is 2.39. The van der Waals surface area contributed by atoms with E-state index in [9.17, 15) is 9.59 Å². The van der Waals surface area contributed by atoms with Crippen molar-refractivity contribution in [3.05, 3.63) is 18.3 Å². The Balaban J connectivity index is 1.93. The summed E-state index contributed by atoms with van der Waals surface area (Å²) in [7, 11) is 1.51. The minimum atomic E-state index is -1.20. The molecule has 0 aliphatic heterocycles. The van der Waals surface area contributed by atoms with Gasteiger partial charge in [-0.15, -0.1) is 0 Å². The van der Waals surface area contributed by atoms with Crippen LogP contribution in [0.4, 0.5) is 20.7 Å². The number of hydrogen-bond acceptors (Lipinski definition) is 7. The molecule has 11 heteroatoms. The summed E-state index contributed by atoms with van der Waals surface area (Å²) in [6, 6.07) is 3.53. The Bertz CT molecular complexity index is 1040. The summed E-state index contributed by atoms with van der Waals surface area (Å²) in [5, 5.41) is 13.9. The third-order valence-corrected chi connectivity index (χ3v) is 4.43. The predicted molar refractivity (Wildman–Crippen MR) is 105 cm³/mol. The van der Waals surface area contributed by atoms with E-state index in [1.807, 2.05) is 0 Å². The summed E-state index contributed by atoms with van der Waals surface area (Å²) >= 11 is 1.16. The van der Waals surface area contributed by atoms with Crippen molar-refractivity contribution in [2.45, 2.75) is 26.4 Å². The van der Waals surface area contributed by atoms with E-state index < -0.39 is 17.8 Å². The number of nitrogens with zero attached hydrogens (tertiary/aromatic N) is 2. The van der Waals surface area contributed by atoms with Crippen LogP contribution < -0.4 is 15.4 Å². The van der Waals surface area contributed by atoms with E-state index in [0.717, 1.165) is 16.9 Å². The summed E-state index contributed by atoms with van der Waals surface area (Å²) in [6.07, 6.45) is -0.276. The van der Waals surface area contributed by atoms with Crippen molar-refractivity contribution < 1.29 is 24.2 Å². The molecule has 0 fully saturated rings. The monoisotopic (exact) mass is 405 g/mol. The SMILES string of the molecule is COc1ccc(-c2cnc(NC(=O)OC(C)(C)C)[nH]2)c2sc(NC(=O)O)nc12. The van der Waals surface area contributed by atoms with Crippen molar-refractivity contribution in [1.29, 1.82) is 0 Å². The molecule has 2 aromatic heterocycles. The Kier molecular flexibility index (Phi) is 5.10. The van der Waals surface area contributed by atoms with Crippen molar-refractivity contribution in [3.63, 3.8) is 0 Å². The van der Waals surface area contributed by atoms with Crippen LogP contribution in [0.1, 0.15) is 20.8 Å². The van der Waals surface area contributed by atoms with E-state index in [2.05, 4.69) is 25.6 Å². The Morgan fingerprint density at radius 1 is 1.25 bits per heavy atom. The van der Waals surface area contributed by atoms with Gasteiger partial charge < -0.3 is 19.6 Å². The highest BCUT2D eigenvalue weighted by Gasteiger charge is 2.19. The first kappa shape index (κ1) is 19.4. The van der Waals surface area contributed by atoms with Gasteiger partial charge in [0.2, 0.25) is 5.95 Å². The Morgan fingerprint density at radius 3 is 2.64 bits per heavy atom. The second-order valence-corrected chi connectivity index (χ2v) is 7.71. The molecule has 10 nitrogen and oxygen atoms in total. The lowest BCUT2D eigenvalue weighted by Crippen LogP contribution is -2.27. The molecule has 0 bridgehead atoms. The van der Waals surface area contributed by atoms with E-state index in [1.54, 1.807) is 39.1 Å². The summed E-state index contributed by atoms with van der Waals surface area (Å²) in [5.74, 6) is 0.738. The lowest BCUT2D eigenvalue weighted by Gasteiger charge is -2.18. The molecule has 3 aromatic rings. The summed E-state index contributed by atoms with van der Waals surface area (Å²) in [6.45, 7) is 5.29. The average molecular weight is 405 g/mol. The van der Waals surface area contributed by atoms with Gasteiger partial charge in [0.1, 0.15) is 16.9 Å².